The van der Waals surface area contributed by atoms with E-state index in [0.29, 0.717) is 5.17 Å². The molecule has 0 aliphatic carbocycles. The Kier molecular flexibility index (Phi) is 3.47. The minimum Gasteiger partial charge on any atom is -0.282 e. The van der Waals surface area contributed by atoms with E-state index in [-0.39, 0.29) is 17.3 Å². The third-order valence-electron chi connectivity index (χ3n) is 3.15. The van der Waals surface area contributed by atoms with Crippen LogP contribution in [0.1, 0.15) is 24.5 Å². The molecule has 0 spiro atoms. The van der Waals surface area contributed by atoms with Crippen LogP contribution in [0.2, 0.25) is 0 Å². The lowest BCUT2D eigenvalue weighted by atomic mass is 10.1. The van der Waals surface area contributed by atoms with Crippen LogP contribution in [0.15, 0.2) is 39.9 Å². The quantitative estimate of drug-likeness (QED) is 0.853. The summed E-state index contributed by atoms with van der Waals surface area (Å²) in [6.45, 7) is 3.97. The first-order chi connectivity index (χ1) is 10.1. The maximum absolute atomic E-state index is 12.1. The minimum absolute atomic E-state index is 0.0856. The lowest BCUT2D eigenvalue weighted by Crippen LogP contribution is -2.35. The average Bonchev–Trinajstić information content (AvgIpc) is 2.87. The van der Waals surface area contributed by atoms with Gasteiger partial charge in [0.1, 0.15) is 5.04 Å². The van der Waals surface area contributed by atoms with Gasteiger partial charge < -0.3 is 0 Å². The maximum atomic E-state index is 12.1. The van der Waals surface area contributed by atoms with Crippen LogP contribution in [0.4, 0.5) is 0 Å². The van der Waals surface area contributed by atoms with Crippen LogP contribution in [0, 0.1) is 12.3 Å². The molecule has 0 atom stereocenters. The Morgan fingerprint density at radius 3 is 2.95 bits per heavy atom. The van der Waals surface area contributed by atoms with E-state index < -0.39 is 0 Å². The number of carbonyl (C=O) groups excluding carboxylic acids is 1. The van der Waals surface area contributed by atoms with Crippen molar-refractivity contribution < 1.29 is 4.79 Å². The fourth-order valence-electron chi connectivity index (χ4n) is 2.10. The number of rotatable bonds is 2. The summed E-state index contributed by atoms with van der Waals surface area (Å²) in [6, 6.07) is 7.78. The Bertz CT molecular complexity index is 733. The fraction of sp³-hybridized carbons (Fsp3) is 0.200. The third-order valence-corrected chi connectivity index (χ3v) is 4.20. The summed E-state index contributed by atoms with van der Waals surface area (Å²) in [7, 11) is 0. The number of amidine groups is 2. The number of hydrazone groups is 1. The number of carbonyl (C=O) groups is 1. The summed E-state index contributed by atoms with van der Waals surface area (Å²) in [4.78, 5) is 16.2. The Morgan fingerprint density at radius 2 is 2.24 bits per heavy atom. The van der Waals surface area contributed by atoms with Gasteiger partial charge in [0.25, 0.3) is 5.91 Å². The van der Waals surface area contributed by atoms with Crippen LogP contribution in [0.3, 0.4) is 0 Å². The molecule has 0 saturated heterocycles. The van der Waals surface area contributed by atoms with Crippen LogP contribution >= 0.6 is 11.8 Å². The van der Waals surface area contributed by atoms with Crippen LogP contribution in [-0.2, 0) is 4.79 Å². The smallest absolute Gasteiger partial charge is 0.282 e. The molecule has 21 heavy (non-hydrogen) atoms. The zero-order valence-electron chi connectivity index (χ0n) is 11.8. The predicted molar refractivity (Wildman–Crippen MR) is 86.5 cm³/mol. The van der Waals surface area contributed by atoms with Crippen molar-refractivity contribution in [3.63, 3.8) is 0 Å². The van der Waals surface area contributed by atoms with Crippen molar-refractivity contribution in [1.29, 1.82) is 5.41 Å². The Hall–Kier alpha value is -2.21. The van der Waals surface area contributed by atoms with E-state index in [2.05, 4.69) is 10.1 Å². The highest BCUT2D eigenvalue weighted by molar-refractivity contribution is 8.26. The van der Waals surface area contributed by atoms with Crippen LogP contribution in [0.5, 0.6) is 0 Å². The summed E-state index contributed by atoms with van der Waals surface area (Å²) >= 11 is 1.35. The minimum atomic E-state index is -0.382. The van der Waals surface area contributed by atoms with Crippen molar-refractivity contribution in [3.8, 4) is 0 Å². The monoisotopic (exact) mass is 298 g/mol. The molecule has 2 aliphatic rings. The number of fused-ring (bicyclic) bond motifs is 1. The molecule has 1 aromatic rings. The molecule has 0 aromatic heterocycles. The Labute approximate surface area is 127 Å². The number of aliphatic imine (C=N–C) groups is 1. The Morgan fingerprint density at radius 1 is 1.43 bits per heavy atom. The maximum Gasteiger partial charge on any atom is 0.283 e. The normalized spacial score (nSPS) is 19.7. The highest BCUT2D eigenvalue weighted by Gasteiger charge is 2.34. The van der Waals surface area contributed by atoms with Gasteiger partial charge in [0, 0.05) is 0 Å². The van der Waals surface area contributed by atoms with E-state index in [9.17, 15) is 4.79 Å². The van der Waals surface area contributed by atoms with Crippen molar-refractivity contribution in [2.24, 2.45) is 10.1 Å². The van der Waals surface area contributed by atoms with Gasteiger partial charge in [0.2, 0.25) is 5.17 Å². The SMILES string of the molecule is CCC1=NN2C(=N)/C(=C\c3cccc(C)c3)C(=O)N=C2S1. The topological polar surface area (TPSA) is 68.9 Å². The molecular weight excluding hydrogens is 284 g/mol. The summed E-state index contributed by atoms with van der Waals surface area (Å²) in [5, 5.41) is 15.3. The molecular formula is C15H14N4OS. The van der Waals surface area contributed by atoms with Gasteiger partial charge in [0.05, 0.1) is 5.57 Å². The van der Waals surface area contributed by atoms with Gasteiger partial charge in [-0.25, -0.2) is 0 Å². The van der Waals surface area contributed by atoms with Gasteiger partial charge >= 0.3 is 0 Å². The second-order valence-corrected chi connectivity index (χ2v) is 5.82. The van der Waals surface area contributed by atoms with E-state index in [1.54, 1.807) is 6.08 Å². The van der Waals surface area contributed by atoms with E-state index >= 15 is 0 Å². The van der Waals surface area contributed by atoms with Crippen LogP contribution in [-0.4, -0.2) is 27.0 Å². The summed E-state index contributed by atoms with van der Waals surface area (Å²) in [5.74, 6) is -0.296. The lowest BCUT2D eigenvalue weighted by molar-refractivity contribution is -0.114. The van der Waals surface area contributed by atoms with Gasteiger partial charge in [-0.15, -0.1) is 0 Å². The summed E-state index contributed by atoms with van der Waals surface area (Å²) in [6.07, 6.45) is 2.46. The van der Waals surface area contributed by atoms with Gasteiger partial charge in [-0.2, -0.15) is 15.1 Å². The number of hydrogen-bond donors (Lipinski definition) is 1. The number of amides is 1. The highest BCUT2D eigenvalue weighted by Crippen LogP contribution is 2.29. The molecule has 2 heterocycles. The van der Waals surface area contributed by atoms with E-state index in [1.807, 2.05) is 38.1 Å². The van der Waals surface area contributed by atoms with Crippen molar-refractivity contribution in [3.05, 3.63) is 41.0 Å². The van der Waals surface area contributed by atoms with E-state index in [4.69, 9.17) is 5.41 Å². The molecule has 5 nitrogen and oxygen atoms in total. The number of aryl methyl sites for hydroxylation is 1. The molecule has 1 N–H and O–H groups in total. The lowest BCUT2D eigenvalue weighted by Gasteiger charge is -2.20. The first-order valence-electron chi connectivity index (χ1n) is 6.64. The second kappa shape index (κ2) is 5.29. The van der Waals surface area contributed by atoms with Crippen molar-refractivity contribution >= 4 is 39.8 Å². The third kappa shape index (κ3) is 2.54. The molecule has 0 unspecified atom stereocenters. The molecule has 1 amide bonds. The molecule has 3 rings (SSSR count). The number of thioether (sulfide) groups is 1. The molecule has 1 aromatic carbocycles. The van der Waals surface area contributed by atoms with E-state index in [1.165, 1.54) is 16.8 Å². The number of benzene rings is 1. The second-order valence-electron chi connectivity index (χ2n) is 4.78. The summed E-state index contributed by atoms with van der Waals surface area (Å²) in [5.41, 5.74) is 2.26. The largest absolute Gasteiger partial charge is 0.283 e. The fourth-order valence-corrected chi connectivity index (χ4v) is 2.93. The van der Waals surface area contributed by atoms with Crippen LogP contribution < -0.4 is 0 Å². The first-order valence-corrected chi connectivity index (χ1v) is 7.46. The average molecular weight is 298 g/mol. The molecule has 2 aliphatic heterocycles. The number of nitrogens with one attached hydrogen (secondary N) is 1. The predicted octanol–water partition coefficient (Wildman–Crippen LogP) is 3.02. The highest BCUT2D eigenvalue weighted by atomic mass is 32.2. The zero-order valence-corrected chi connectivity index (χ0v) is 12.6. The molecule has 0 radical (unpaired) electrons. The summed E-state index contributed by atoms with van der Waals surface area (Å²) < 4.78 is 0. The number of hydrogen-bond acceptors (Lipinski definition) is 4. The van der Waals surface area contributed by atoms with E-state index in [0.717, 1.165) is 22.6 Å². The molecule has 0 fully saturated rings. The van der Waals surface area contributed by atoms with Crippen LogP contribution in [0.25, 0.3) is 6.08 Å². The van der Waals surface area contributed by atoms with Gasteiger partial charge in [-0.3, -0.25) is 10.2 Å². The molecule has 6 heteroatoms. The Balaban J connectivity index is 2.00. The molecule has 0 bridgehead atoms. The first kappa shape index (κ1) is 13.8. The van der Waals surface area contributed by atoms with Crippen molar-refractivity contribution in [2.45, 2.75) is 20.3 Å². The molecule has 0 saturated carbocycles. The zero-order chi connectivity index (χ0) is 15.0. The van der Waals surface area contributed by atoms with Gasteiger partial charge in [-0.1, -0.05) is 36.8 Å². The van der Waals surface area contributed by atoms with Crippen molar-refractivity contribution in [2.75, 3.05) is 0 Å². The van der Waals surface area contributed by atoms with Gasteiger partial charge in [-0.05, 0) is 36.7 Å². The van der Waals surface area contributed by atoms with Gasteiger partial charge in [0.15, 0.2) is 5.84 Å². The van der Waals surface area contributed by atoms with Crippen molar-refractivity contribution in [1.82, 2.24) is 5.01 Å². The number of nitrogens with zero attached hydrogens (tertiary/aromatic N) is 3. The standard InChI is InChI=1S/C15H14N4OS/c1-3-12-18-19-13(16)11(14(20)17-15(19)21-12)8-10-6-4-5-9(2)7-10/h4-8,16H,3H2,1-2H3/b11-8+,16-13?. The molecule has 106 valence electrons.